The summed E-state index contributed by atoms with van der Waals surface area (Å²) in [5, 5.41) is 5.34. The molecule has 38 heavy (non-hydrogen) atoms. The predicted octanol–water partition coefficient (Wildman–Crippen LogP) is 8.96. The molecule has 0 saturated heterocycles. The zero-order valence-electron chi connectivity index (χ0n) is 20.5. The van der Waals surface area contributed by atoms with E-state index in [1.54, 1.807) is 12.1 Å². The molecule has 1 heterocycles. The van der Waals surface area contributed by atoms with E-state index in [-0.39, 0.29) is 5.82 Å². The molecule has 0 radical (unpaired) electrons. The molecular formula is C34H24BrFN2. The second-order valence-electron chi connectivity index (χ2n) is 9.11. The molecule has 4 heteroatoms. The molecule has 6 aromatic rings. The average Bonchev–Trinajstić information content (AvgIpc) is 3.33. The maximum Gasteiger partial charge on any atom is 0.138 e. The van der Waals surface area contributed by atoms with E-state index < -0.39 is 5.54 Å². The van der Waals surface area contributed by atoms with E-state index in [4.69, 9.17) is 5.10 Å². The van der Waals surface area contributed by atoms with Crippen LogP contribution in [-0.4, -0.2) is 9.78 Å². The minimum Gasteiger partial charge on any atom is -0.243 e. The van der Waals surface area contributed by atoms with Crippen molar-refractivity contribution >= 4 is 15.9 Å². The molecule has 0 fully saturated rings. The molecule has 0 unspecified atom stereocenters. The van der Waals surface area contributed by atoms with Gasteiger partial charge in [0.1, 0.15) is 17.1 Å². The van der Waals surface area contributed by atoms with Crippen molar-refractivity contribution < 1.29 is 4.39 Å². The summed E-state index contributed by atoms with van der Waals surface area (Å²) in [6.07, 6.45) is 0. The maximum absolute atomic E-state index is 14.7. The summed E-state index contributed by atoms with van der Waals surface area (Å²) < 4.78 is 17.5. The molecular weight excluding hydrogens is 535 g/mol. The largest absolute Gasteiger partial charge is 0.243 e. The van der Waals surface area contributed by atoms with Gasteiger partial charge in [-0.15, -0.1) is 0 Å². The van der Waals surface area contributed by atoms with Crippen LogP contribution in [-0.2, 0) is 5.54 Å². The molecule has 184 valence electrons. The zero-order chi connectivity index (χ0) is 26.0. The molecule has 0 aliphatic rings. The SMILES string of the molecule is Fc1cccc(-c2c(Br)c(-c3ccccc3)nn2C(c2ccccc2)(c2ccccc2)c2ccccc2)c1. The van der Waals surface area contributed by atoms with Crippen molar-refractivity contribution in [2.45, 2.75) is 5.54 Å². The van der Waals surface area contributed by atoms with Gasteiger partial charge < -0.3 is 0 Å². The summed E-state index contributed by atoms with van der Waals surface area (Å²) in [5.74, 6) is -0.298. The fraction of sp³-hybridized carbons (Fsp3) is 0.0294. The number of rotatable bonds is 6. The van der Waals surface area contributed by atoms with Gasteiger partial charge in [0, 0.05) is 11.1 Å². The van der Waals surface area contributed by atoms with E-state index in [1.807, 2.05) is 54.6 Å². The average molecular weight is 559 g/mol. The lowest BCUT2D eigenvalue weighted by atomic mass is 9.76. The number of nitrogens with zero attached hydrogens (tertiary/aromatic N) is 2. The summed E-state index contributed by atoms with van der Waals surface area (Å²) in [5.41, 5.74) is 5.58. The van der Waals surface area contributed by atoms with Crippen molar-refractivity contribution in [2.75, 3.05) is 0 Å². The molecule has 0 aliphatic carbocycles. The summed E-state index contributed by atoms with van der Waals surface area (Å²) in [6.45, 7) is 0. The fourth-order valence-corrected chi connectivity index (χ4v) is 5.92. The third-order valence-corrected chi connectivity index (χ3v) is 7.62. The van der Waals surface area contributed by atoms with Crippen molar-refractivity contribution in [3.63, 3.8) is 0 Å². The maximum atomic E-state index is 14.7. The Morgan fingerprint density at radius 1 is 0.553 bits per heavy atom. The van der Waals surface area contributed by atoms with Gasteiger partial charge in [0.15, 0.2) is 0 Å². The van der Waals surface area contributed by atoms with Gasteiger partial charge in [0.2, 0.25) is 0 Å². The van der Waals surface area contributed by atoms with E-state index in [9.17, 15) is 4.39 Å². The molecule has 6 rings (SSSR count). The van der Waals surface area contributed by atoms with Crippen molar-refractivity contribution in [1.82, 2.24) is 9.78 Å². The first-order valence-electron chi connectivity index (χ1n) is 12.5. The second kappa shape index (κ2) is 10.2. The van der Waals surface area contributed by atoms with Crippen LogP contribution in [0.5, 0.6) is 0 Å². The third-order valence-electron chi connectivity index (χ3n) is 6.87. The van der Waals surface area contributed by atoms with E-state index in [1.165, 1.54) is 6.07 Å². The molecule has 1 aromatic heterocycles. The highest BCUT2D eigenvalue weighted by Crippen LogP contribution is 2.47. The topological polar surface area (TPSA) is 17.8 Å². The third kappa shape index (κ3) is 4.07. The summed E-state index contributed by atoms with van der Waals surface area (Å²) in [4.78, 5) is 0. The van der Waals surface area contributed by atoms with E-state index in [0.29, 0.717) is 0 Å². The summed E-state index contributed by atoms with van der Waals surface area (Å²) in [6, 6.07) is 47.9. The molecule has 0 bridgehead atoms. The minimum atomic E-state index is -0.846. The van der Waals surface area contributed by atoms with E-state index in [2.05, 4.69) is 93.4 Å². The summed E-state index contributed by atoms with van der Waals surface area (Å²) in [7, 11) is 0. The van der Waals surface area contributed by atoms with Gasteiger partial charge in [-0.1, -0.05) is 133 Å². The van der Waals surface area contributed by atoms with Gasteiger partial charge in [0.25, 0.3) is 0 Å². The van der Waals surface area contributed by atoms with Gasteiger partial charge >= 0.3 is 0 Å². The molecule has 0 atom stereocenters. The number of hydrogen-bond donors (Lipinski definition) is 0. The standard InChI is InChI=1S/C34H24BrFN2/c35-31-32(25-14-5-1-6-15-25)37-38(33(31)26-16-13-23-30(36)24-26)34(27-17-7-2-8-18-27,28-19-9-3-10-20-28)29-21-11-4-12-22-29/h1-24H. The predicted molar refractivity (Wildman–Crippen MR) is 155 cm³/mol. The van der Waals surface area contributed by atoms with Gasteiger partial charge in [-0.3, -0.25) is 0 Å². The lowest BCUT2D eigenvalue weighted by Gasteiger charge is -2.37. The Bertz CT molecular complexity index is 1570. The molecule has 5 aromatic carbocycles. The van der Waals surface area contributed by atoms with Crippen molar-refractivity contribution in [3.05, 3.63) is 173 Å². The first-order chi connectivity index (χ1) is 18.7. The van der Waals surface area contributed by atoms with Crippen LogP contribution in [0.3, 0.4) is 0 Å². The monoisotopic (exact) mass is 558 g/mol. The Balaban J connectivity index is 1.81. The van der Waals surface area contributed by atoms with Crippen LogP contribution in [0, 0.1) is 5.82 Å². The first kappa shape index (κ1) is 24.1. The molecule has 2 nitrogen and oxygen atoms in total. The lowest BCUT2D eigenvalue weighted by Crippen LogP contribution is -2.39. The fourth-order valence-electron chi connectivity index (χ4n) is 5.21. The number of benzene rings is 5. The quantitative estimate of drug-likeness (QED) is 0.186. The second-order valence-corrected chi connectivity index (χ2v) is 9.90. The highest BCUT2D eigenvalue weighted by molar-refractivity contribution is 9.10. The van der Waals surface area contributed by atoms with Crippen molar-refractivity contribution in [2.24, 2.45) is 0 Å². The van der Waals surface area contributed by atoms with E-state index >= 15 is 0 Å². The number of aromatic nitrogens is 2. The van der Waals surface area contributed by atoms with Gasteiger partial charge in [-0.2, -0.15) is 5.10 Å². The van der Waals surface area contributed by atoms with Crippen LogP contribution in [0.2, 0.25) is 0 Å². The van der Waals surface area contributed by atoms with Gasteiger partial charge in [-0.05, 0) is 44.8 Å². The molecule has 0 spiro atoms. The molecule has 0 aliphatic heterocycles. The Labute approximate surface area is 230 Å². The minimum absolute atomic E-state index is 0.298. The van der Waals surface area contributed by atoms with Gasteiger partial charge in [0.05, 0.1) is 10.2 Å². The Morgan fingerprint density at radius 3 is 1.47 bits per heavy atom. The molecule has 0 N–H and O–H groups in total. The van der Waals surface area contributed by atoms with Crippen molar-refractivity contribution in [3.8, 4) is 22.5 Å². The van der Waals surface area contributed by atoms with Crippen LogP contribution in [0.15, 0.2) is 150 Å². The zero-order valence-corrected chi connectivity index (χ0v) is 22.1. The van der Waals surface area contributed by atoms with Crippen LogP contribution in [0.1, 0.15) is 16.7 Å². The molecule has 0 saturated carbocycles. The van der Waals surface area contributed by atoms with E-state index in [0.717, 1.165) is 43.7 Å². The Morgan fingerprint density at radius 2 is 1.00 bits per heavy atom. The lowest BCUT2D eigenvalue weighted by molar-refractivity contribution is 0.466. The van der Waals surface area contributed by atoms with Crippen LogP contribution >= 0.6 is 15.9 Å². The first-order valence-corrected chi connectivity index (χ1v) is 13.3. The van der Waals surface area contributed by atoms with Crippen LogP contribution in [0.25, 0.3) is 22.5 Å². The highest BCUT2D eigenvalue weighted by Gasteiger charge is 2.42. The van der Waals surface area contributed by atoms with Crippen molar-refractivity contribution in [1.29, 1.82) is 0 Å². The highest BCUT2D eigenvalue weighted by atomic mass is 79.9. The number of halogens is 2. The number of hydrogen-bond acceptors (Lipinski definition) is 1. The van der Waals surface area contributed by atoms with Crippen LogP contribution < -0.4 is 0 Å². The Kier molecular flexibility index (Phi) is 6.48. The van der Waals surface area contributed by atoms with Crippen LogP contribution in [0.4, 0.5) is 4.39 Å². The van der Waals surface area contributed by atoms with Gasteiger partial charge in [-0.25, -0.2) is 9.07 Å². The summed E-state index contributed by atoms with van der Waals surface area (Å²) >= 11 is 3.90. The normalized spacial score (nSPS) is 11.4. The Hall–Kier alpha value is -4.28. The molecule has 0 amide bonds. The smallest absolute Gasteiger partial charge is 0.138 e.